The van der Waals surface area contributed by atoms with Crippen LogP contribution in [0.4, 0.5) is 0 Å². The zero-order valence-corrected chi connectivity index (χ0v) is 17.4. The molecule has 0 atom stereocenters. The standard InChI is InChI=1S/C20H17ClN2O3S2/c1-3-12-23-18-14(2)9-10-16(21)19(18)27-20(23)22-17(24)11-13-28(25,26)15-7-5-4-6-8-15/h1,4-10H,11-13H2,2H3. The van der Waals surface area contributed by atoms with Crippen molar-refractivity contribution in [2.75, 3.05) is 5.75 Å². The lowest BCUT2D eigenvalue weighted by molar-refractivity contribution is -0.117. The number of carbonyl (C=O) groups is 1. The van der Waals surface area contributed by atoms with Gasteiger partial charge in [-0.2, -0.15) is 4.99 Å². The molecule has 0 saturated heterocycles. The minimum Gasteiger partial charge on any atom is -0.304 e. The maximum absolute atomic E-state index is 12.4. The van der Waals surface area contributed by atoms with E-state index in [2.05, 4.69) is 10.9 Å². The number of benzene rings is 2. The minimum atomic E-state index is -3.54. The molecule has 1 aromatic heterocycles. The summed E-state index contributed by atoms with van der Waals surface area (Å²) in [6, 6.07) is 11.7. The van der Waals surface area contributed by atoms with Crippen LogP contribution in [-0.2, 0) is 21.2 Å². The SMILES string of the molecule is C#CCn1c(=NC(=O)CCS(=O)(=O)c2ccccc2)sc2c(Cl)ccc(C)c21. The van der Waals surface area contributed by atoms with E-state index in [1.54, 1.807) is 28.8 Å². The van der Waals surface area contributed by atoms with Gasteiger partial charge in [-0.3, -0.25) is 4.79 Å². The Labute approximate surface area is 172 Å². The van der Waals surface area contributed by atoms with Crippen LogP contribution >= 0.6 is 22.9 Å². The monoisotopic (exact) mass is 432 g/mol. The molecule has 3 rings (SSSR count). The van der Waals surface area contributed by atoms with Crippen LogP contribution in [0.3, 0.4) is 0 Å². The molecule has 2 aromatic carbocycles. The van der Waals surface area contributed by atoms with E-state index in [9.17, 15) is 13.2 Å². The molecule has 3 aromatic rings. The molecule has 0 radical (unpaired) electrons. The number of sulfone groups is 1. The van der Waals surface area contributed by atoms with E-state index in [-0.39, 0.29) is 23.6 Å². The van der Waals surface area contributed by atoms with Crippen LogP contribution in [0.5, 0.6) is 0 Å². The summed E-state index contributed by atoms with van der Waals surface area (Å²) in [4.78, 5) is 17.1. The van der Waals surface area contributed by atoms with Crippen molar-refractivity contribution in [2.24, 2.45) is 4.99 Å². The molecule has 0 aliphatic heterocycles. The smallest absolute Gasteiger partial charge is 0.249 e. The van der Waals surface area contributed by atoms with E-state index in [0.717, 1.165) is 15.8 Å². The number of terminal acetylenes is 1. The fraction of sp³-hybridized carbons (Fsp3) is 0.200. The minimum absolute atomic E-state index is 0.189. The fourth-order valence-corrected chi connectivity index (χ4v) is 5.42. The fourth-order valence-electron chi connectivity index (χ4n) is 2.77. The lowest BCUT2D eigenvalue weighted by Crippen LogP contribution is -2.18. The third kappa shape index (κ3) is 4.20. The molecule has 0 unspecified atom stereocenters. The number of fused-ring (bicyclic) bond motifs is 1. The highest BCUT2D eigenvalue weighted by Crippen LogP contribution is 2.28. The molecular weight excluding hydrogens is 416 g/mol. The third-order valence-electron chi connectivity index (χ3n) is 4.14. The molecule has 28 heavy (non-hydrogen) atoms. The van der Waals surface area contributed by atoms with Gasteiger partial charge in [-0.1, -0.05) is 53.1 Å². The van der Waals surface area contributed by atoms with Gasteiger partial charge in [0.1, 0.15) is 0 Å². The zero-order chi connectivity index (χ0) is 20.3. The average Bonchev–Trinajstić information content (AvgIpc) is 3.04. The summed E-state index contributed by atoms with van der Waals surface area (Å²) in [5.74, 6) is 1.73. The van der Waals surface area contributed by atoms with Crippen molar-refractivity contribution in [3.05, 3.63) is 57.9 Å². The van der Waals surface area contributed by atoms with Crippen molar-refractivity contribution in [1.82, 2.24) is 4.57 Å². The lowest BCUT2D eigenvalue weighted by atomic mass is 10.2. The lowest BCUT2D eigenvalue weighted by Gasteiger charge is -2.04. The third-order valence-corrected chi connectivity index (χ3v) is 7.41. The maximum atomic E-state index is 12.4. The van der Waals surface area contributed by atoms with Gasteiger partial charge in [-0.15, -0.1) is 6.42 Å². The Balaban J connectivity index is 1.93. The van der Waals surface area contributed by atoms with Crippen LogP contribution in [0.15, 0.2) is 52.4 Å². The van der Waals surface area contributed by atoms with Crippen LogP contribution in [0.1, 0.15) is 12.0 Å². The summed E-state index contributed by atoms with van der Waals surface area (Å²) in [5.41, 5.74) is 1.80. The highest BCUT2D eigenvalue weighted by molar-refractivity contribution is 7.91. The van der Waals surface area contributed by atoms with Crippen LogP contribution in [-0.4, -0.2) is 24.6 Å². The van der Waals surface area contributed by atoms with E-state index in [1.807, 2.05) is 13.0 Å². The first-order valence-corrected chi connectivity index (χ1v) is 11.3. The van der Waals surface area contributed by atoms with Crippen molar-refractivity contribution in [3.63, 3.8) is 0 Å². The number of aromatic nitrogens is 1. The number of hydrogen-bond donors (Lipinski definition) is 0. The molecule has 0 aliphatic carbocycles. The van der Waals surface area contributed by atoms with Crippen molar-refractivity contribution in [1.29, 1.82) is 0 Å². The molecule has 5 nitrogen and oxygen atoms in total. The number of hydrogen-bond acceptors (Lipinski definition) is 4. The number of carbonyl (C=O) groups excluding carboxylic acids is 1. The van der Waals surface area contributed by atoms with Gasteiger partial charge < -0.3 is 4.57 Å². The van der Waals surface area contributed by atoms with Gasteiger partial charge in [0, 0.05) is 6.42 Å². The predicted octanol–water partition coefficient (Wildman–Crippen LogP) is 3.59. The first kappa shape index (κ1) is 20.3. The van der Waals surface area contributed by atoms with Gasteiger partial charge in [0.2, 0.25) is 5.91 Å². The topological polar surface area (TPSA) is 68.5 Å². The Hall–Kier alpha value is -2.40. The summed E-state index contributed by atoms with van der Waals surface area (Å²) in [5, 5.41) is 0.553. The second-order valence-corrected chi connectivity index (χ2v) is 9.60. The molecule has 8 heteroatoms. The van der Waals surface area contributed by atoms with Crippen LogP contribution < -0.4 is 4.80 Å². The first-order valence-electron chi connectivity index (χ1n) is 8.41. The van der Waals surface area contributed by atoms with E-state index in [4.69, 9.17) is 18.0 Å². The van der Waals surface area contributed by atoms with Gasteiger partial charge >= 0.3 is 0 Å². The Morgan fingerprint density at radius 2 is 1.96 bits per heavy atom. The largest absolute Gasteiger partial charge is 0.304 e. The molecule has 0 aliphatic rings. The summed E-state index contributed by atoms with van der Waals surface area (Å²) < 4.78 is 27.2. The first-order chi connectivity index (χ1) is 13.3. The molecule has 1 amide bonds. The zero-order valence-electron chi connectivity index (χ0n) is 15.1. The Morgan fingerprint density at radius 3 is 2.64 bits per heavy atom. The molecule has 144 valence electrons. The van der Waals surface area contributed by atoms with Crippen LogP contribution in [0.2, 0.25) is 5.02 Å². The number of aryl methyl sites for hydroxylation is 1. The Kier molecular flexibility index (Phi) is 6.04. The normalized spacial score (nSPS) is 12.2. The molecule has 0 spiro atoms. The van der Waals surface area contributed by atoms with Gasteiger partial charge in [0.25, 0.3) is 0 Å². The van der Waals surface area contributed by atoms with E-state index in [1.165, 1.54) is 23.5 Å². The second kappa shape index (κ2) is 8.31. The van der Waals surface area contributed by atoms with E-state index in [0.29, 0.717) is 9.82 Å². The highest BCUT2D eigenvalue weighted by atomic mass is 35.5. The summed E-state index contributed by atoms with van der Waals surface area (Å²) >= 11 is 7.54. The van der Waals surface area contributed by atoms with Gasteiger partial charge in [-0.25, -0.2) is 8.42 Å². The van der Waals surface area contributed by atoms with Gasteiger partial charge in [-0.05, 0) is 30.7 Å². The molecule has 1 heterocycles. The second-order valence-electron chi connectivity index (χ2n) is 6.10. The van der Waals surface area contributed by atoms with Crippen molar-refractivity contribution >= 4 is 48.9 Å². The molecule has 0 fully saturated rings. The maximum Gasteiger partial charge on any atom is 0.249 e. The molecule has 0 N–H and O–H groups in total. The number of nitrogens with zero attached hydrogens (tertiary/aromatic N) is 2. The van der Waals surface area contributed by atoms with Gasteiger partial charge in [0.05, 0.1) is 32.4 Å². The average molecular weight is 433 g/mol. The number of amides is 1. The van der Waals surface area contributed by atoms with Crippen molar-refractivity contribution in [3.8, 4) is 12.3 Å². The highest BCUT2D eigenvalue weighted by Gasteiger charge is 2.17. The Bertz CT molecular complexity index is 1250. The van der Waals surface area contributed by atoms with Crippen LogP contribution in [0.25, 0.3) is 10.2 Å². The van der Waals surface area contributed by atoms with Gasteiger partial charge in [0.15, 0.2) is 14.6 Å². The van der Waals surface area contributed by atoms with E-state index >= 15 is 0 Å². The summed E-state index contributed by atoms with van der Waals surface area (Å²) in [6.07, 6.45) is 5.26. The molecule has 0 saturated carbocycles. The van der Waals surface area contributed by atoms with E-state index < -0.39 is 15.7 Å². The predicted molar refractivity (Wildman–Crippen MR) is 112 cm³/mol. The van der Waals surface area contributed by atoms with Crippen LogP contribution in [0, 0.1) is 19.3 Å². The number of thiazole rings is 1. The Morgan fingerprint density at radius 1 is 1.25 bits per heavy atom. The number of rotatable bonds is 5. The summed E-state index contributed by atoms with van der Waals surface area (Å²) in [6.45, 7) is 2.16. The number of halogens is 1. The molecule has 0 bridgehead atoms. The summed E-state index contributed by atoms with van der Waals surface area (Å²) in [7, 11) is -3.54. The van der Waals surface area contributed by atoms with Crippen molar-refractivity contribution in [2.45, 2.75) is 24.8 Å². The molecular formula is C20H17ClN2O3S2. The van der Waals surface area contributed by atoms with Crippen molar-refractivity contribution < 1.29 is 13.2 Å². The quantitative estimate of drug-likeness (QED) is 0.578.